The summed E-state index contributed by atoms with van der Waals surface area (Å²) in [6, 6.07) is 8.71. The molecular weight excluding hydrogens is 340 g/mol. The number of hydrogen-bond acceptors (Lipinski definition) is 3. The summed E-state index contributed by atoms with van der Waals surface area (Å²) in [6.07, 6.45) is 4.13. The maximum atomic E-state index is 4.64. The normalized spacial score (nSPS) is 15.4. The van der Waals surface area contributed by atoms with E-state index >= 15 is 0 Å². The Hall–Kier alpha value is -1.88. The second-order valence-corrected chi connectivity index (χ2v) is 6.73. The van der Waals surface area contributed by atoms with Crippen LogP contribution in [0.5, 0.6) is 0 Å². The maximum Gasteiger partial charge on any atom is 0.177 e. The van der Waals surface area contributed by atoms with Crippen LogP contribution in [-0.4, -0.2) is 21.5 Å². The Bertz CT molecular complexity index is 840. The number of nitrogens with one attached hydrogen (secondary N) is 2. The van der Waals surface area contributed by atoms with Crippen molar-refractivity contribution in [2.45, 2.75) is 25.7 Å². The first-order valence-electron chi connectivity index (χ1n) is 7.58. The number of H-pyrrole nitrogens is 1. The van der Waals surface area contributed by atoms with Crippen molar-refractivity contribution in [2.24, 2.45) is 0 Å². The third kappa shape index (κ3) is 2.39. The molecule has 1 unspecified atom stereocenters. The lowest BCUT2D eigenvalue weighted by Crippen LogP contribution is -2.12. The Morgan fingerprint density at radius 1 is 1.27 bits per heavy atom. The number of imidazole rings is 1. The minimum atomic E-state index is 0.222. The fourth-order valence-corrected chi connectivity index (χ4v) is 3.35. The number of fused-ring (bicyclic) bond motifs is 2. The van der Waals surface area contributed by atoms with Crippen molar-refractivity contribution in [1.82, 2.24) is 15.0 Å². The average molecular weight is 357 g/mol. The Labute approximate surface area is 137 Å². The lowest BCUT2D eigenvalue weighted by atomic mass is 9.94. The molecule has 3 heterocycles. The van der Waals surface area contributed by atoms with Gasteiger partial charge in [-0.1, -0.05) is 19.1 Å². The van der Waals surface area contributed by atoms with Gasteiger partial charge in [-0.25, -0.2) is 9.97 Å². The number of hydrogen-bond donors (Lipinski definition) is 2. The summed E-state index contributed by atoms with van der Waals surface area (Å²) in [5, 5.41) is 3.46. The zero-order valence-corrected chi connectivity index (χ0v) is 13.9. The molecule has 5 heteroatoms. The smallest absolute Gasteiger partial charge is 0.177 e. The molecule has 112 valence electrons. The predicted octanol–water partition coefficient (Wildman–Crippen LogP) is 4.23. The first-order valence-corrected chi connectivity index (χ1v) is 8.38. The Morgan fingerprint density at radius 3 is 3.09 bits per heavy atom. The molecule has 0 saturated heterocycles. The van der Waals surface area contributed by atoms with Crippen LogP contribution < -0.4 is 5.32 Å². The van der Waals surface area contributed by atoms with Gasteiger partial charge in [-0.3, -0.25) is 0 Å². The van der Waals surface area contributed by atoms with Crippen LogP contribution in [0.1, 0.15) is 36.2 Å². The topological polar surface area (TPSA) is 53.6 Å². The lowest BCUT2D eigenvalue weighted by molar-refractivity contribution is 0.811. The number of aromatic amines is 1. The molecule has 0 aliphatic carbocycles. The number of halogens is 1. The molecule has 0 fully saturated rings. The highest BCUT2D eigenvalue weighted by atomic mass is 79.9. The highest BCUT2D eigenvalue weighted by molar-refractivity contribution is 9.10. The van der Waals surface area contributed by atoms with E-state index in [9.17, 15) is 0 Å². The Kier molecular flexibility index (Phi) is 3.37. The molecule has 3 aromatic rings. The van der Waals surface area contributed by atoms with Crippen LogP contribution in [0.15, 0.2) is 34.9 Å². The zero-order valence-electron chi connectivity index (χ0n) is 12.4. The van der Waals surface area contributed by atoms with E-state index in [4.69, 9.17) is 0 Å². The van der Waals surface area contributed by atoms with Gasteiger partial charge in [0.2, 0.25) is 0 Å². The molecule has 1 aromatic carbocycles. The van der Waals surface area contributed by atoms with Gasteiger partial charge in [-0.05, 0) is 52.0 Å². The van der Waals surface area contributed by atoms with E-state index in [1.54, 1.807) is 6.20 Å². The Morgan fingerprint density at radius 2 is 2.18 bits per heavy atom. The maximum absolute atomic E-state index is 4.64. The van der Waals surface area contributed by atoms with E-state index in [-0.39, 0.29) is 5.92 Å². The minimum Gasteiger partial charge on any atom is -0.385 e. The molecule has 0 amide bonds. The van der Waals surface area contributed by atoms with Crippen LogP contribution in [0.3, 0.4) is 0 Å². The van der Waals surface area contributed by atoms with Crippen molar-refractivity contribution < 1.29 is 0 Å². The van der Waals surface area contributed by atoms with E-state index in [0.29, 0.717) is 0 Å². The quantitative estimate of drug-likeness (QED) is 0.722. The summed E-state index contributed by atoms with van der Waals surface area (Å²) in [5.41, 5.74) is 5.71. The van der Waals surface area contributed by atoms with Gasteiger partial charge in [0.1, 0.15) is 5.82 Å². The van der Waals surface area contributed by atoms with Crippen LogP contribution in [-0.2, 0) is 6.42 Å². The van der Waals surface area contributed by atoms with Gasteiger partial charge in [0.25, 0.3) is 0 Å². The number of aryl methyl sites for hydroxylation is 1. The highest BCUT2D eigenvalue weighted by Gasteiger charge is 2.16. The van der Waals surface area contributed by atoms with E-state index in [0.717, 1.165) is 34.4 Å². The van der Waals surface area contributed by atoms with E-state index in [2.05, 4.69) is 61.3 Å². The van der Waals surface area contributed by atoms with Crippen molar-refractivity contribution in [3.8, 4) is 0 Å². The van der Waals surface area contributed by atoms with Crippen LogP contribution in [0.25, 0.3) is 11.2 Å². The second-order valence-electron chi connectivity index (χ2n) is 5.82. The van der Waals surface area contributed by atoms with E-state index in [1.165, 1.54) is 23.2 Å². The molecule has 2 aromatic heterocycles. The van der Waals surface area contributed by atoms with Crippen LogP contribution >= 0.6 is 15.9 Å². The Balaban J connectivity index is 1.71. The number of rotatable bonds is 2. The first-order chi connectivity index (χ1) is 10.7. The van der Waals surface area contributed by atoms with Gasteiger partial charge >= 0.3 is 0 Å². The van der Waals surface area contributed by atoms with Gasteiger partial charge in [0, 0.05) is 28.8 Å². The van der Waals surface area contributed by atoms with Crippen molar-refractivity contribution in [3.63, 3.8) is 0 Å². The lowest BCUT2D eigenvalue weighted by Gasteiger charge is -2.20. The van der Waals surface area contributed by atoms with Crippen LogP contribution in [0.4, 0.5) is 5.69 Å². The molecule has 4 rings (SSSR count). The molecule has 2 N–H and O–H groups in total. The summed E-state index contributed by atoms with van der Waals surface area (Å²) < 4.78 is 0.961. The molecular formula is C17H17BrN4. The number of benzene rings is 1. The molecule has 0 saturated carbocycles. The molecule has 1 aliphatic heterocycles. The van der Waals surface area contributed by atoms with Gasteiger partial charge < -0.3 is 10.3 Å². The largest absolute Gasteiger partial charge is 0.385 e. The number of aromatic nitrogens is 3. The summed E-state index contributed by atoms with van der Waals surface area (Å²) >= 11 is 3.45. The van der Waals surface area contributed by atoms with Crippen molar-refractivity contribution in [1.29, 1.82) is 0 Å². The summed E-state index contributed by atoms with van der Waals surface area (Å²) in [5.74, 6) is 1.18. The van der Waals surface area contributed by atoms with Crippen LogP contribution in [0, 0.1) is 0 Å². The van der Waals surface area contributed by atoms with E-state index < -0.39 is 0 Å². The van der Waals surface area contributed by atoms with Crippen LogP contribution in [0.2, 0.25) is 0 Å². The van der Waals surface area contributed by atoms with Gasteiger partial charge in [-0.15, -0.1) is 0 Å². The van der Waals surface area contributed by atoms with Crippen molar-refractivity contribution >= 4 is 32.8 Å². The zero-order chi connectivity index (χ0) is 15.1. The number of anilines is 1. The molecule has 1 aliphatic rings. The average Bonchev–Trinajstić information content (AvgIpc) is 2.96. The van der Waals surface area contributed by atoms with Gasteiger partial charge in [-0.2, -0.15) is 0 Å². The number of nitrogens with zero attached hydrogens (tertiary/aromatic N) is 2. The van der Waals surface area contributed by atoms with Gasteiger partial charge in [0.05, 0.1) is 5.52 Å². The molecule has 0 bridgehead atoms. The third-order valence-electron chi connectivity index (χ3n) is 4.30. The van der Waals surface area contributed by atoms with Crippen molar-refractivity contribution in [2.75, 3.05) is 11.9 Å². The highest BCUT2D eigenvalue weighted by Crippen LogP contribution is 2.29. The monoisotopic (exact) mass is 356 g/mol. The first kappa shape index (κ1) is 13.8. The molecule has 22 heavy (non-hydrogen) atoms. The van der Waals surface area contributed by atoms with Crippen molar-refractivity contribution in [3.05, 3.63) is 51.9 Å². The second kappa shape index (κ2) is 5.39. The summed E-state index contributed by atoms with van der Waals surface area (Å²) in [4.78, 5) is 12.4. The van der Waals surface area contributed by atoms with E-state index in [1.807, 2.05) is 6.07 Å². The number of pyridine rings is 1. The predicted molar refractivity (Wildman–Crippen MR) is 92.4 cm³/mol. The summed E-state index contributed by atoms with van der Waals surface area (Å²) in [7, 11) is 0. The molecule has 4 nitrogen and oxygen atoms in total. The fourth-order valence-electron chi connectivity index (χ4n) is 3.02. The van der Waals surface area contributed by atoms with Gasteiger partial charge in [0.15, 0.2) is 5.65 Å². The molecule has 0 spiro atoms. The standard InChI is InChI=1S/C17H17BrN4/c1-10(11-4-5-14-12(7-11)3-2-6-19-14)16-21-15-8-13(18)9-20-17(15)22-16/h4-5,7-10,19H,2-3,6H2,1H3,(H,20,21,22). The summed E-state index contributed by atoms with van der Waals surface area (Å²) in [6.45, 7) is 3.26. The third-order valence-corrected chi connectivity index (χ3v) is 4.73. The molecule has 1 atom stereocenters. The minimum absolute atomic E-state index is 0.222. The fraction of sp³-hybridized carbons (Fsp3) is 0.294. The molecule has 0 radical (unpaired) electrons. The SMILES string of the molecule is CC(c1ccc2c(c1)CCCN2)c1nc2ncc(Br)cc2[nH]1.